The summed E-state index contributed by atoms with van der Waals surface area (Å²) in [6.45, 7) is 7.09. The molecule has 18 heavy (non-hydrogen) atoms. The Bertz CT molecular complexity index is 500. The number of ketones is 1. The van der Waals surface area contributed by atoms with Gasteiger partial charge in [0.05, 0.1) is 5.57 Å². The molecule has 3 nitrogen and oxygen atoms in total. The molecular formula is C15H19NO2. The molecule has 0 amide bonds. The third-order valence-electron chi connectivity index (χ3n) is 3.73. The van der Waals surface area contributed by atoms with E-state index in [0.717, 1.165) is 5.56 Å². The minimum absolute atomic E-state index is 0.00202. The fourth-order valence-electron chi connectivity index (χ4n) is 2.59. The average Bonchev–Trinajstić information content (AvgIpc) is 2.44. The second kappa shape index (κ2) is 4.04. The molecule has 1 heterocycles. The molecule has 1 saturated heterocycles. The van der Waals surface area contributed by atoms with Crippen LogP contribution in [0.4, 0.5) is 0 Å². The number of hydrogen-bond acceptors (Lipinski definition) is 2. The number of nitrogens with one attached hydrogen (secondary N) is 1. The highest BCUT2D eigenvalue weighted by Gasteiger charge is 2.55. The van der Waals surface area contributed by atoms with Gasteiger partial charge >= 0.3 is 0 Å². The highest BCUT2D eigenvalue weighted by molar-refractivity contribution is 6.07. The van der Waals surface area contributed by atoms with Gasteiger partial charge in [-0.2, -0.15) is 0 Å². The van der Waals surface area contributed by atoms with Crippen molar-refractivity contribution in [3.8, 4) is 0 Å². The average molecular weight is 245 g/mol. The molecular weight excluding hydrogens is 226 g/mol. The first-order valence-electron chi connectivity index (χ1n) is 6.15. The monoisotopic (exact) mass is 245 g/mol. The predicted octanol–water partition coefficient (Wildman–Crippen LogP) is 1.59. The van der Waals surface area contributed by atoms with Gasteiger partial charge < -0.3 is 10.3 Å². The fraction of sp³-hybridized carbons (Fsp3) is 0.400. The van der Waals surface area contributed by atoms with Crippen LogP contribution in [0.3, 0.4) is 0 Å². The minimum atomic E-state index is -0.899. The van der Waals surface area contributed by atoms with Crippen molar-refractivity contribution >= 4 is 11.9 Å². The largest absolute Gasteiger partial charge is 0.633 e. The van der Waals surface area contributed by atoms with Crippen molar-refractivity contribution in [2.75, 3.05) is 0 Å². The highest BCUT2D eigenvalue weighted by atomic mass is 16.5. The molecule has 3 heteroatoms. The lowest BCUT2D eigenvalue weighted by Crippen LogP contribution is -3.19. The first-order chi connectivity index (χ1) is 8.28. The van der Waals surface area contributed by atoms with Crippen molar-refractivity contribution in [2.24, 2.45) is 0 Å². The van der Waals surface area contributed by atoms with E-state index in [0.29, 0.717) is 5.57 Å². The standard InChI is InChI=1S/C15H19NO2/c1-14(2)12(10-11-8-6-5-7-9-11)13(17)15(3,4)16(14)18/h5-10,16H,1-4H3. The lowest BCUT2D eigenvalue weighted by atomic mass is 9.91. The number of hydroxylamine groups is 2. The quantitative estimate of drug-likeness (QED) is 0.603. The Kier molecular flexibility index (Phi) is 2.92. The Labute approximate surface area is 108 Å². The van der Waals surface area contributed by atoms with Gasteiger partial charge in [0.25, 0.3) is 0 Å². The third-order valence-corrected chi connectivity index (χ3v) is 3.73. The Hall–Kier alpha value is -1.45. The van der Waals surface area contributed by atoms with Gasteiger partial charge in [-0.1, -0.05) is 30.3 Å². The molecule has 0 saturated carbocycles. The fourth-order valence-corrected chi connectivity index (χ4v) is 2.59. The first kappa shape index (κ1) is 13.0. The van der Waals surface area contributed by atoms with E-state index < -0.39 is 11.1 Å². The van der Waals surface area contributed by atoms with Gasteiger partial charge in [-0.15, -0.1) is 0 Å². The van der Waals surface area contributed by atoms with Crippen LogP contribution >= 0.6 is 0 Å². The molecule has 1 aliphatic heterocycles. The summed E-state index contributed by atoms with van der Waals surface area (Å²) in [6, 6.07) is 9.65. The van der Waals surface area contributed by atoms with Crippen LogP contribution in [0.25, 0.3) is 6.08 Å². The minimum Gasteiger partial charge on any atom is -0.633 e. The highest BCUT2D eigenvalue weighted by Crippen LogP contribution is 2.28. The van der Waals surface area contributed by atoms with Crippen molar-refractivity contribution in [2.45, 2.75) is 38.8 Å². The van der Waals surface area contributed by atoms with Crippen LogP contribution in [0.1, 0.15) is 33.3 Å². The van der Waals surface area contributed by atoms with Gasteiger partial charge in [-0.3, -0.25) is 4.79 Å². The van der Waals surface area contributed by atoms with Crippen LogP contribution in [0.2, 0.25) is 0 Å². The number of Topliss-reactive ketones (excluding diaryl/α,β-unsaturated/α-hetero) is 1. The maximum Gasteiger partial charge on any atom is 0.224 e. The molecule has 2 rings (SSSR count). The molecule has 0 aromatic heterocycles. The molecule has 1 aliphatic rings. The van der Waals surface area contributed by atoms with E-state index in [-0.39, 0.29) is 10.8 Å². The van der Waals surface area contributed by atoms with Crippen LogP contribution < -0.4 is 5.06 Å². The van der Waals surface area contributed by atoms with E-state index in [4.69, 9.17) is 0 Å². The molecule has 96 valence electrons. The van der Waals surface area contributed by atoms with Crippen molar-refractivity contribution in [1.29, 1.82) is 0 Å². The van der Waals surface area contributed by atoms with E-state index in [2.05, 4.69) is 0 Å². The van der Waals surface area contributed by atoms with Gasteiger partial charge in [-0.05, 0) is 39.3 Å². The summed E-state index contributed by atoms with van der Waals surface area (Å²) in [5.41, 5.74) is -0.0244. The lowest BCUT2D eigenvalue weighted by Gasteiger charge is -2.38. The van der Waals surface area contributed by atoms with E-state index in [1.165, 1.54) is 0 Å². The summed E-state index contributed by atoms with van der Waals surface area (Å²) >= 11 is 0. The smallest absolute Gasteiger partial charge is 0.224 e. The Balaban J connectivity index is 2.51. The summed E-state index contributed by atoms with van der Waals surface area (Å²) < 4.78 is 0. The third kappa shape index (κ3) is 1.80. The van der Waals surface area contributed by atoms with Gasteiger partial charge in [0.2, 0.25) is 5.78 Å². The first-order valence-corrected chi connectivity index (χ1v) is 6.15. The normalized spacial score (nSPS) is 27.7. The van der Waals surface area contributed by atoms with Gasteiger partial charge in [-0.25, -0.2) is 0 Å². The number of carbonyl (C=O) groups is 1. The Morgan fingerprint density at radius 2 is 1.61 bits per heavy atom. The maximum atomic E-state index is 12.4. The zero-order valence-corrected chi connectivity index (χ0v) is 11.3. The summed E-state index contributed by atoms with van der Waals surface area (Å²) in [5, 5.41) is 12.3. The van der Waals surface area contributed by atoms with Crippen LogP contribution in [0.15, 0.2) is 35.9 Å². The topological polar surface area (TPSA) is 44.6 Å². The van der Waals surface area contributed by atoms with Crippen molar-refractivity contribution in [1.82, 2.24) is 0 Å². The van der Waals surface area contributed by atoms with Crippen molar-refractivity contribution in [3.05, 3.63) is 46.7 Å². The second-order valence-electron chi connectivity index (χ2n) is 5.88. The molecule has 1 aromatic rings. The summed E-state index contributed by atoms with van der Waals surface area (Å²) in [6.07, 6.45) is 1.84. The molecule has 1 unspecified atom stereocenters. The SMILES string of the molecule is CC1(C)C(=O)C(=Cc2ccccc2)C(C)(C)[NH+]1[O-]. The molecule has 1 N–H and O–H groups in total. The molecule has 0 aliphatic carbocycles. The Morgan fingerprint density at radius 1 is 1.06 bits per heavy atom. The zero-order chi connectivity index (χ0) is 13.6. The molecule has 0 spiro atoms. The van der Waals surface area contributed by atoms with Crippen LogP contribution in [0.5, 0.6) is 0 Å². The molecule has 0 radical (unpaired) electrons. The maximum absolute atomic E-state index is 12.4. The van der Waals surface area contributed by atoms with Gasteiger partial charge in [0, 0.05) is 0 Å². The van der Waals surface area contributed by atoms with Crippen LogP contribution in [-0.4, -0.2) is 16.9 Å². The second-order valence-corrected chi connectivity index (χ2v) is 5.88. The number of hydrogen-bond donors (Lipinski definition) is 1. The zero-order valence-electron chi connectivity index (χ0n) is 11.3. The van der Waals surface area contributed by atoms with Crippen molar-refractivity contribution in [3.63, 3.8) is 0 Å². The summed E-state index contributed by atoms with van der Waals surface area (Å²) in [5.74, 6) is -0.0543. The van der Waals surface area contributed by atoms with Gasteiger partial charge in [0.1, 0.15) is 5.54 Å². The number of carbonyl (C=O) groups excluding carboxylic acids is 1. The van der Waals surface area contributed by atoms with Crippen LogP contribution in [0, 0.1) is 5.21 Å². The molecule has 1 fully saturated rings. The number of quaternary nitrogens is 1. The van der Waals surface area contributed by atoms with Crippen LogP contribution in [-0.2, 0) is 4.79 Å². The number of benzene rings is 1. The van der Waals surface area contributed by atoms with E-state index in [1.54, 1.807) is 13.8 Å². The van der Waals surface area contributed by atoms with Gasteiger partial charge in [0.15, 0.2) is 5.54 Å². The molecule has 1 aromatic carbocycles. The van der Waals surface area contributed by atoms with E-state index >= 15 is 0 Å². The molecule has 0 bridgehead atoms. The number of rotatable bonds is 1. The van der Waals surface area contributed by atoms with E-state index in [9.17, 15) is 10.0 Å². The summed E-state index contributed by atoms with van der Waals surface area (Å²) in [4.78, 5) is 12.4. The van der Waals surface area contributed by atoms with E-state index in [1.807, 2.05) is 50.3 Å². The lowest BCUT2D eigenvalue weighted by molar-refractivity contribution is -0.922. The predicted molar refractivity (Wildman–Crippen MR) is 71.9 cm³/mol. The van der Waals surface area contributed by atoms with Crippen molar-refractivity contribution < 1.29 is 9.86 Å². The summed E-state index contributed by atoms with van der Waals surface area (Å²) in [7, 11) is 0. The molecule has 1 atom stereocenters. The Morgan fingerprint density at radius 3 is 2.06 bits per heavy atom.